The van der Waals surface area contributed by atoms with Gasteiger partial charge in [0.15, 0.2) is 0 Å². The third-order valence-electron chi connectivity index (χ3n) is 4.41. The van der Waals surface area contributed by atoms with E-state index in [0.717, 1.165) is 10.6 Å². The number of nitrogens with zero attached hydrogens (tertiary/aromatic N) is 2. The maximum Gasteiger partial charge on any atom is 0.417 e. The summed E-state index contributed by atoms with van der Waals surface area (Å²) in [7, 11) is 0. The van der Waals surface area contributed by atoms with E-state index in [1.165, 1.54) is 36.4 Å². The number of benzene rings is 3. The van der Waals surface area contributed by atoms with Gasteiger partial charge in [0.05, 0.1) is 22.2 Å². The Morgan fingerprint density at radius 2 is 1.59 bits per heavy atom. The van der Waals surface area contributed by atoms with Crippen molar-refractivity contribution in [2.45, 2.75) is 6.18 Å². The van der Waals surface area contributed by atoms with E-state index in [1.807, 2.05) is 0 Å². The molecule has 0 atom stereocenters. The van der Waals surface area contributed by atoms with Crippen LogP contribution in [0, 0.1) is 0 Å². The number of aromatic nitrogens is 2. The van der Waals surface area contributed by atoms with Crippen LogP contribution in [0.4, 0.5) is 13.2 Å². The lowest BCUT2D eigenvalue weighted by Crippen LogP contribution is -2.24. The zero-order valence-electron chi connectivity index (χ0n) is 14.6. The highest BCUT2D eigenvalue weighted by Gasteiger charge is 2.34. The molecule has 4 nitrogen and oxygen atoms in total. The number of fused-ring (bicyclic) bond motifs is 1. The summed E-state index contributed by atoms with van der Waals surface area (Å²) in [4.78, 5) is 17.6. The van der Waals surface area contributed by atoms with Crippen LogP contribution < -0.4 is 5.56 Å². The fraction of sp³-hybridized carbons (Fsp3) is 0.0476. The first-order valence-corrected chi connectivity index (χ1v) is 8.82. The van der Waals surface area contributed by atoms with Gasteiger partial charge in [0.25, 0.3) is 5.56 Å². The van der Waals surface area contributed by atoms with Gasteiger partial charge in [0.2, 0.25) is 0 Å². The van der Waals surface area contributed by atoms with Crippen LogP contribution in [0.15, 0.2) is 71.5 Å². The molecule has 0 aliphatic carbocycles. The predicted octanol–water partition coefficient (Wildman–Crippen LogP) is 5.43. The molecule has 0 fully saturated rings. The van der Waals surface area contributed by atoms with E-state index < -0.39 is 22.7 Å². The van der Waals surface area contributed by atoms with Crippen LogP contribution in [0.25, 0.3) is 28.0 Å². The Balaban J connectivity index is 2.14. The van der Waals surface area contributed by atoms with E-state index in [-0.39, 0.29) is 22.8 Å². The number of aromatic hydroxyl groups is 1. The van der Waals surface area contributed by atoms with Crippen LogP contribution in [-0.4, -0.2) is 14.7 Å². The Morgan fingerprint density at radius 3 is 2.21 bits per heavy atom. The van der Waals surface area contributed by atoms with Gasteiger partial charge in [-0.05, 0) is 60.7 Å². The molecule has 0 aliphatic rings. The second-order valence-corrected chi connectivity index (χ2v) is 6.73. The standard InChI is InChI=1S/C21H12ClF3N2O2/c22-13-6-4-12(5-7-13)19-26-17-3-1-2-16(21(23,24)25)18(17)20(29)27(19)14-8-10-15(28)11-9-14/h1-11,28H. The fourth-order valence-electron chi connectivity index (χ4n) is 3.10. The Bertz CT molecular complexity index is 1260. The van der Waals surface area contributed by atoms with Crippen molar-refractivity contribution >= 4 is 22.5 Å². The molecule has 0 saturated carbocycles. The molecule has 0 spiro atoms. The van der Waals surface area contributed by atoms with Gasteiger partial charge in [-0.15, -0.1) is 0 Å². The maximum absolute atomic E-state index is 13.5. The molecule has 4 aromatic rings. The second kappa shape index (κ2) is 6.93. The minimum Gasteiger partial charge on any atom is -0.508 e. The molecule has 0 aliphatic heterocycles. The van der Waals surface area contributed by atoms with Crippen LogP contribution >= 0.6 is 11.6 Å². The number of phenolic OH excluding ortho intramolecular Hbond substituents is 1. The van der Waals surface area contributed by atoms with Crippen molar-refractivity contribution in [1.29, 1.82) is 0 Å². The zero-order chi connectivity index (χ0) is 20.8. The summed E-state index contributed by atoms with van der Waals surface area (Å²) >= 11 is 5.93. The topological polar surface area (TPSA) is 55.1 Å². The Kier molecular flexibility index (Phi) is 4.55. The van der Waals surface area contributed by atoms with Crippen LogP contribution in [0.1, 0.15) is 5.56 Å². The summed E-state index contributed by atoms with van der Waals surface area (Å²) in [5, 5.41) is 9.49. The Morgan fingerprint density at radius 1 is 0.931 bits per heavy atom. The zero-order valence-corrected chi connectivity index (χ0v) is 15.4. The summed E-state index contributed by atoms with van der Waals surface area (Å²) in [6.45, 7) is 0. The molecule has 4 rings (SSSR count). The van der Waals surface area contributed by atoms with Crippen molar-refractivity contribution in [3.63, 3.8) is 0 Å². The molecule has 0 radical (unpaired) electrons. The van der Waals surface area contributed by atoms with Crippen molar-refractivity contribution in [3.8, 4) is 22.8 Å². The molecule has 29 heavy (non-hydrogen) atoms. The van der Waals surface area contributed by atoms with Gasteiger partial charge < -0.3 is 5.11 Å². The summed E-state index contributed by atoms with van der Waals surface area (Å²) < 4.78 is 41.7. The second-order valence-electron chi connectivity index (χ2n) is 6.30. The van der Waals surface area contributed by atoms with Gasteiger partial charge in [-0.1, -0.05) is 17.7 Å². The van der Waals surface area contributed by atoms with Gasteiger partial charge in [-0.3, -0.25) is 9.36 Å². The highest BCUT2D eigenvalue weighted by Crippen LogP contribution is 2.34. The van der Waals surface area contributed by atoms with Crippen LogP contribution in [0.3, 0.4) is 0 Å². The van der Waals surface area contributed by atoms with Gasteiger partial charge >= 0.3 is 6.18 Å². The van der Waals surface area contributed by atoms with Gasteiger partial charge in [-0.25, -0.2) is 4.98 Å². The first-order chi connectivity index (χ1) is 13.8. The van der Waals surface area contributed by atoms with Crippen LogP contribution in [0.2, 0.25) is 5.02 Å². The lowest BCUT2D eigenvalue weighted by Gasteiger charge is -2.16. The average Bonchev–Trinajstić information content (AvgIpc) is 2.68. The molecular weight excluding hydrogens is 405 g/mol. The Hall–Kier alpha value is -3.32. The number of alkyl halides is 3. The Labute approximate surface area is 167 Å². The first-order valence-electron chi connectivity index (χ1n) is 8.44. The van der Waals surface area contributed by atoms with E-state index in [1.54, 1.807) is 24.3 Å². The lowest BCUT2D eigenvalue weighted by atomic mass is 10.1. The third-order valence-corrected chi connectivity index (χ3v) is 4.67. The van der Waals surface area contributed by atoms with Gasteiger partial charge in [0.1, 0.15) is 11.6 Å². The molecular formula is C21H12ClF3N2O2. The molecule has 0 saturated heterocycles. The van der Waals surface area contributed by atoms with Crippen LogP contribution in [0.5, 0.6) is 5.75 Å². The monoisotopic (exact) mass is 416 g/mol. The minimum absolute atomic E-state index is 0.0421. The minimum atomic E-state index is -4.71. The highest BCUT2D eigenvalue weighted by molar-refractivity contribution is 6.30. The lowest BCUT2D eigenvalue weighted by molar-refractivity contribution is -0.136. The summed E-state index contributed by atoms with van der Waals surface area (Å²) in [5.41, 5.74) is -1.21. The SMILES string of the molecule is O=c1c2c(C(F)(F)F)cccc2nc(-c2ccc(Cl)cc2)n1-c1ccc(O)cc1. The van der Waals surface area contributed by atoms with E-state index in [2.05, 4.69) is 4.98 Å². The molecule has 0 bridgehead atoms. The van der Waals surface area contributed by atoms with E-state index >= 15 is 0 Å². The van der Waals surface area contributed by atoms with E-state index in [0.29, 0.717) is 10.6 Å². The summed E-state index contributed by atoms with van der Waals surface area (Å²) in [6.07, 6.45) is -4.71. The molecule has 0 amide bonds. The molecule has 1 aromatic heterocycles. The van der Waals surface area contributed by atoms with Gasteiger partial charge in [0, 0.05) is 10.6 Å². The number of phenols is 1. The summed E-state index contributed by atoms with van der Waals surface area (Å²) in [5.74, 6) is 0.115. The molecule has 1 heterocycles. The third kappa shape index (κ3) is 3.45. The largest absolute Gasteiger partial charge is 0.508 e. The number of halogens is 4. The first kappa shape index (κ1) is 19.0. The quantitative estimate of drug-likeness (QED) is 0.474. The number of rotatable bonds is 2. The van der Waals surface area contributed by atoms with E-state index in [9.17, 15) is 23.1 Å². The number of hydrogen-bond acceptors (Lipinski definition) is 3. The average molecular weight is 417 g/mol. The summed E-state index contributed by atoms with van der Waals surface area (Å²) in [6, 6.07) is 15.4. The predicted molar refractivity (Wildman–Crippen MR) is 104 cm³/mol. The van der Waals surface area contributed by atoms with Crippen molar-refractivity contribution in [2.24, 2.45) is 0 Å². The maximum atomic E-state index is 13.5. The molecule has 0 unspecified atom stereocenters. The highest BCUT2D eigenvalue weighted by atomic mass is 35.5. The van der Waals surface area contributed by atoms with Crippen molar-refractivity contribution in [3.05, 3.63) is 87.7 Å². The van der Waals surface area contributed by atoms with E-state index in [4.69, 9.17) is 11.6 Å². The molecule has 1 N–H and O–H groups in total. The molecule has 3 aromatic carbocycles. The molecule has 8 heteroatoms. The van der Waals surface area contributed by atoms with Gasteiger partial charge in [-0.2, -0.15) is 13.2 Å². The van der Waals surface area contributed by atoms with Crippen molar-refractivity contribution in [2.75, 3.05) is 0 Å². The smallest absolute Gasteiger partial charge is 0.417 e. The van der Waals surface area contributed by atoms with Crippen molar-refractivity contribution < 1.29 is 18.3 Å². The molecule has 146 valence electrons. The van der Waals surface area contributed by atoms with Crippen molar-refractivity contribution in [1.82, 2.24) is 9.55 Å². The van der Waals surface area contributed by atoms with Crippen LogP contribution in [-0.2, 0) is 6.18 Å². The number of hydrogen-bond donors (Lipinski definition) is 1. The normalized spacial score (nSPS) is 11.7. The fourth-order valence-corrected chi connectivity index (χ4v) is 3.23.